The number of aliphatic hydroxyl groups is 4. The lowest BCUT2D eigenvalue weighted by Gasteiger charge is -2.35. The lowest BCUT2D eigenvalue weighted by Crippen LogP contribution is -2.67. The van der Waals surface area contributed by atoms with Crippen molar-refractivity contribution in [2.24, 2.45) is 23.5 Å². The van der Waals surface area contributed by atoms with Crippen LogP contribution in [0.2, 0.25) is 0 Å². The van der Waals surface area contributed by atoms with E-state index in [4.69, 9.17) is 30.1 Å². The Morgan fingerprint density at radius 3 is 2.11 bits per heavy atom. The van der Waals surface area contributed by atoms with Crippen molar-refractivity contribution in [1.29, 1.82) is 5.41 Å². The zero-order chi connectivity index (χ0) is 55.1. The van der Waals surface area contributed by atoms with Crippen molar-refractivity contribution in [1.82, 2.24) is 46.8 Å². The largest absolute Gasteiger partial charge is 0.480 e. The van der Waals surface area contributed by atoms with Gasteiger partial charge in [0.25, 0.3) is 5.56 Å². The molecule has 74 heavy (non-hydrogen) atoms. The number of carbonyl (C=O) groups is 6. The quantitative estimate of drug-likeness (QED) is 0.0277. The molecule has 3 fully saturated rings. The third kappa shape index (κ3) is 16.6. The van der Waals surface area contributed by atoms with Gasteiger partial charge in [-0.1, -0.05) is 54.4 Å². The van der Waals surface area contributed by atoms with E-state index in [1.54, 1.807) is 27.7 Å². The fourth-order valence-corrected chi connectivity index (χ4v) is 8.61. The first kappa shape index (κ1) is 60.8. The number of guanidine groups is 1. The predicted octanol–water partition coefficient (Wildman–Crippen LogP) is -4.57. The van der Waals surface area contributed by atoms with Gasteiger partial charge in [0.1, 0.15) is 73.0 Å². The number of unbranched alkanes of at least 4 members (excludes halogenated alkanes) is 1. The molecule has 3 aliphatic heterocycles. The van der Waals surface area contributed by atoms with Crippen LogP contribution in [0.4, 0.5) is 4.79 Å². The molecule has 1 aromatic rings. The van der Waals surface area contributed by atoms with Gasteiger partial charge >= 0.3 is 29.6 Å². The Hall–Kier alpha value is -5.79. The second-order valence-electron chi connectivity index (χ2n) is 19.6. The molecule has 3 aliphatic rings. The molecule has 418 valence electrons. The molecule has 0 aromatic carbocycles. The molecular formula is C45H75N11O18. The van der Waals surface area contributed by atoms with Gasteiger partial charge in [0.15, 0.2) is 18.5 Å². The number of ether oxygens (including phenoxy) is 4. The molecule has 3 saturated heterocycles. The van der Waals surface area contributed by atoms with Crippen LogP contribution >= 0.6 is 0 Å². The molecule has 10 unspecified atom stereocenters. The van der Waals surface area contributed by atoms with Gasteiger partial charge in [0.2, 0.25) is 11.8 Å². The van der Waals surface area contributed by atoms with Crippen LogP contribution in [-0.4, -0.2) is 193 Å². The minimum atomic E-state index is -1.97. The summed E-state index contributed by atoms with van der Waals surface area (Å²) in [6, 6.07) is -7.44. The van der Waals surface area contributed by atoms with Gasteiger partial charge in [-0.15, -0.1) is 0 Å². The van der Waals surface area contributed by atoms with Gasteiger partial charge in [0, 0.05) is 38.3 Å². The van der Waals surface area contributed by atoms with Crippen LogP contribution < -0.4 is 54.2 Å². The van der Waals surface area contributed by atoms with Crippen molar-refractivity contribution >= 4 is 41.7 Å². The standard InChI is InChI=1S/C45H75N11O18/c1-19(2)10-7-8-11-25(58)72-34(21(5)6)28(53-38(64)27(22-12-16-50-43(47)51-22)55-44(69)54-26(20(3)4)40(65)66)37(63)49-15-9-14-48-29(41(67)68)35(74-42-33(62)30(59)23(18-46)71-42)36-31(60)32(61)39(73-36)56-17-13-24(57)52-45(56)70/h13,17,19-23,26-36,39,42,48,59-62H,7-12,14-16,18,46H2,1-6H3,(H,49,63)(H,53,64)(H,65,66)(H,67,68)(H3,47,50,51)(H,52,57,70)(H2,54,55,69)/t22?,23-,26?,27?,28?,29?,30-,31?,32?,33-,34?,35?,36?,39-,42+/m1/s1. The molecule has 0 radical (unpaired) electrons. The number of nitrogens with two attached hydrogens (primary N) is 1. The Kier molecular flexibility index (Phi) is 23.2. The number of aromatic amines is 1. The van der Waals surface area contributed by atoms with Crippen LogP contribution in [0.15, 0.2) is 21.9 Å². The van der Waals surface area contributed by atoms with Gasteiger partial charge in [-0.3, -0.25) is 38.9 Å². The molecule has 1 aromatic heterocycles. The van der Waals surface area contributed by atoms with E-state index in [9.17, 15) is 69.0 Å². The number of aromatic nitrogens is 2. The Bertz CT molecular complexity index is 2200. The van der Waals surface area contributed by atoms with E-state index in [1.165, 1.54) is 0 Å². The summed E-state index contributed by atoms with van der Waals surface area (Å²) in [6.07, 6.45) is -13.7. The highest BCUT2D eigenvalue weighted by molar-refractivity contribution is 5.94. The average Bonchev–Trinajstić information content (AvgIpc) is 3.77. The first-order valence-electron chi connectivity index (χ1n) is 24.7. The number of amides is 4. The number of nitrogens with one attached hydrogen (secondary N) is 9. The normalized spacial score (nSPS) is 26.2. The van der Waals surface area contributed by atoms with Crippen LogP contribution in [0.1, 0.15) is 86.3 Å². The molecule has 4 amide bonds. The Labute approximate surface area is 425 Å². The molecule has 0 spiro atoms. The molecule has 0 aliphatic carbocycles. The number of hydrogen-bond donors (Lipinski definition) is 16. The molecule has 4 rings (SSSR count). The molecule has 29 nitrogen and oxygen atoms in total. The number of aliphatic carboxylic acids is 2. The molecule has 15 atom stereocenters. The first-order chi connectivity index (χ1) is 34.9. The van der Waals surface area contributed by atoms with Gasteiger partial charge < -0.3 is 92.5 Å². The fourth-order valence-electron chi connectivity index (χ4n) is 8.61. The van der Waals surface area contributed by atoms with Crippen molar-refractivity contribution in [3.63, 3.8) is 0 Å². The lowest BCUT2D eigenvalue weighted by atomic mass is 9.96. The van der Waals surface area contributed by atoms with Crippen LogP contribution in [0.5, 0.6) is 0 Å². The van der Waals surface area contributed by atoms with Crippen LogP contribution in [0.3, 0.4) is 0 Å². The van der Waals surface area contributed by atoms with Crippen LogP contribution in [-0.2, 0) is 42.9 Å². The second-order valence-corrected chi connectivity index (χ2v) is 19.6. The number of aliphatic hydroxyl groups excluding tert-OH is 4. The van der Waals surface area contributed by atoms with E-state index in [0.717, 1.165) is 29.7 Å². The molecular weight excluding hydrogens is 983 g/mol. The number of rotatable bonds is 28. The molecule has 29 heteroatoms. The van der Waals surface area contributed by atoms with Crippen molar-refractivity contribution in [3.05, 3.63) is 33.1 Å². The van der Waals surface area contributed by atoms with Crippen molar-refractivity contribution in [2.75, 3.05) is 26.2 Å². The van der Waals surface area contributed by atoms with Gasteiger partial charge in [-0.25, -0.2) is 14.4 Å². The third-order valence-corrected chi connectivity index (χ3v) is 12.7. The predicted molar refractivity (Wildman–Crippen MR) is 258 cm³/mol. The molecule has 0 bridgehead atoms. The first-order valence-corrected chi connectivity index (χ1v) is 24.7. The zero-order valence-electron chi connectivity index (χ0n) is 42.2. The van der Waals surface area contributed by atoms with E-state index in [1.807, 2.05) is 18.8 Å². The minimum absolute atomic E-state index is 0.000396. The van der Waals surface area contributed by atoms with E-state index in [-0.39, 0.29) is 51.4 Å². The number of esters is 1. The number of nitrogens with zero attached hydrogens (tertiary/aromatic N) is 1. The number of hydrogen-bond acceptors (Lipinski definition) is 19. The number of H-pyrrole nitrogens is 1. The number of carboxylic acid groups (broad SMARTS) is 2. The van der Waals surface area contributed by atoms with E-state index >= 15 is 0 Å². The van der Waals surface area contributed by atoms with E-state index in [2.05, 4.69) is 37.2 Å². The van der Waals surface area contributed by atoms with Gasteiger partial charge in [-0.2, -0.15) is 0 Å². The molecule has 4 heterocycles. The van der Waals surface area contributed by atoms with Crippen LogP contribution in [0, 0.1) is 23.2 Å². The monoisotopic (exact) mass is 1060 g/mol. The summed E-state index contributed by atoms with van der Waals surface area (Å²) < 4.78 is 23.9. The summed E-state index contributed by atoms with van der Waals surface area (Å²) in [7, 11) is 0. The highest BCUT2D eigenvalue weighted by Crippen LogP contribution is 2.34. The van der Waals surface area contributed by atoms with Crippen molar-refractivity contribution in [3.8, 4) is 0 Å². The highest BCUT2D eigenvalue weighted by Gasteiger charge is 2.54. The zero-order valence-corrected chi connectivity index (χ0v) is 42.2. The topological polar surface area (TPSA) is 450 Å². The van der Waals surface area contributed by atoms with E-state index < -0.39 is 150 Å². The maximum absolute atomic E-state index is 14.4. The SMILES string of the molecule is CC(C)CCCCC(=O)OC(C(C)C)C(NC(=O)C(NC(=O)NC(C(=O)O)C(C)C)C1CCNC(=N)N1)C(=O)NCCCNC(C(=O)O)C(O[C@@H]1O[C@H](CN)[C@@H](O)[C@H]1O)C1O[C@@H](n2ccc(=O)[nH]c2=O)C(O)C1O. The fraction of sp³-hybridized carbons (Fsp3) is 0.756. The second kappa shape index (κ2) is 28.2. The number of carboxylic acids is 2. The smallest absolute Gasteiger partial charge is 0.330 e. The highest BCUT2D eigenvalue weighted by atomic mass is 16.7. The maximum Gasteiger partial charge on any atom is 0.330 e. The lowest BCUT2D eigenvalue weighted by molar-refractivity contribution is -0.228. The maximum atomic E-state index is 14.4. The van der Waals surface area contributed by atoms with Crippen molar-refractivity contribution in [2.45, 2.75) is 172 Å². The summed E-state index contributed by atoms with van der Waals surface area (Å²) in [4.78, 5) is 107. The summed E-state index contributed by atoms with van der Waals surface area (Å²) in [5, 5.41) is 90.3. The number of urea groups is 1. The van der Waals surface area contributed by atoms with E-state index in [0.29, 0.717) is 12.3 Å². The average molecular weight is 1060 g/mol. The minimum Gasteiger partial charge on any atom is -0.480 e. The number of carbonyl (C=O) groups excluding carboxylic acids is 4. The van der Waals surface area contributed by atoms with Crippen LogP contribution in [0.25, 0.3) is 0 Å². The summed E-state index contributed by atoms with van der Waals surface area (Å²) in [5.41, 5.74) is 3.83. The molecule has 17 N–H and O–H groups in total. The summed E-state index contributed by atoms with van der Waals surface area (Å²) in [5.74, 6) is -6.40. The third-order valence-electron chi connectivity index (χ3n) is 12.7. The Morgan fingerprint density at radius 2 is 1.53 bits per heavy atom. The van der Waals surface area contributed by atoms with Crippen molar-refractivity contribution < 1.29 is 78.4 Å². The van der Waals surface area contributed by atoms with Gasteiger partial charge in [-0.05, 0) is 43.6 Å². The summed E-state index contributed by atoms with van der Waals surface area (Å²) in [6.45, 7) is 9.92. The van der Waals surface area contributed by atoms with Gasteiger partial charge in [0.05, 0.1) is 6.04 Å². The Morgan fingerprint density at radius 1 is 0.838 bits per heavy atom. The summed E-state index contributed by atoms with van der Waals surface area (Å²) >= 11 is 0. The Balaban J connectivity index is 1.58. The molecule has 0 saturated carbocycles.